The van der Waals surface area contributed by atoms with Crippen LogP contribution in [0.5, 0.6) is 5.75 Å². The molecule has 1 atom stereocenters. The lowest BCUT2D eigenvalue weighted by Crippen LogP contribution is -2.38. The minimum atomic E-state index is 0. The minimum Gasteiger partial charge on any atom is -0.490 e. The van der Waals surface area contributed by atoms with Crippen molar-refractivity contribution in [3.8, 4) is 5.75 Å². The van der Waals surface area contributed by atoms with Gasteiger partial charge < -0.3 is 20.1 Å². The van der Waals surface area contributed by atoms with Crippen LogP contribution in [0.25, 0.3) is 0 Å². The fraction of sp³-hybridized carbons (Fsp3) is 0.632. The van der Waals surface area contributed by atoms with E-state index < -0.39 is 0 Å². The Morgan fingerprint density at radius 3 is 2.64 bits per heavy atom. The van der Waals surface area contributed by atoms with E-state index in [9.17, 15) is 0 Å². The Bertz CT molecular complexity index is 509. The summed E-state index contributed by atoms with van der Waals surface area (Å²) >= 11 is 0. The summed E-state index contributed by atoms with van der Waals surface area (Å²) in [6, 6.07) is 6.30. The second-order valence-corrected chi connectivity index (χ2v) is 5.92. The highest BCUT2D eigenvalue weighted by molar-refractivity contribution is 14.0. The summed E-state index contributed by atoms with van der Waals surface area (Å²) in [5, 5.41) is 6.60. The number of rotatable bonds is 10. The fourth-order valence-electron chi connectivity index (χ4n) is 2.13. The van der Waals surface area contributed by atoms with Crippen LogP contribution >= 0.6 is 24.0 Å². The molecule has 0 radical (unpaired) electrons. The Hall–Kier alpha value is -1.02. The molecule has 0 bridgehead atoms. The fourth-order valence-corrected chi connectivity index (χ4v) is 2.13. The van der Waals surface area contributed by atoms with Crippen molar-refractivity contribution < 1.29 is 9.47 Å². The van der Waals surface area contributed by atoms with E-state index >= 15 is 0 Å². The normalized spacial score (nSPS) is 12.3. The Kier molecular flexibility index (Phi) is 13.6. The molecule has 6 heteroatoms. The van der Waals surface area contributed by atoms with Crippen LogP contribution in [0.4, 0.5) is 0 Å². The van der Waals surface area contributed by atoms with Gasteiger partial charge in [0.1, 0.15) is 5.75 Å². The van der Waals surface area contributed by atoms with Gasteiger partial charge in [-0.15, -0.1) is 24.0 Å². The quantitative estimate of drug-likeness (QED) is 0.239. The number of methoxy groups -OCH3 is 1. The van der Waals surface area contributed by atoms with Crippen LogP contribution in [0.2, 0.25) is 0 Å². The number of hydrogen-bond acceptors (Lipinski definition) is 3. The lowest BCUT2D eigenvalue weighted by molar-refractivity contribution is 0.195. The third-order valence-electron chi connectivity index (χ3n) is 3.70. The number of halogens is 1. The predicted molar refractivity (Wildman–Crippen MR) is 116 cm³/mol. The molecule has 0 saturated carbocycles. The van der Waals surface area contributed by atoms with E-state index in [1.807, 2.05) is 0 Å². The predicted octanol–water partition coefficient (Wildman–Crippen LogP) is 3.88. The van der Waals surface area contributed by atoms with E-state index in [4.69, 9.17) is 9.47 Å². The first-order chi connectivity index (χ1) is 11.6. The zero-order valence-electron chi connectivity index (χ0n) is 16.2. The number of aliphatic imine (C=N–C) groups is 1. The van der Waals surface area contributed by atoms with E-state index in [1.54, 1.807) is 7.11 Å². The first-order valence-electron chi connectivity index (χ1n) is 8.88. The molecule has 144 valence electrons. The zero-order valence-corrected chi connectivity index (χ0v) is 18.6. The number of aryl methyl sites for hydroxylation is 1. The minimum absolute atomic E-state index is 0. The first kappa shape index (κ1) is 24.0. The second kappa shape index (κ2) is 14.2. The molecule has 2 N–H and O–H groups in total. The average Bonchev–Trinajstić information content (AvgIpc) is 2.57. The third-order valence-corrected chi connectivity index (χ3v) is 3.70. The van der Waals surface area contributed by atoms with Crippen molar-refractivity contribution in [2.75, 3.05) is 26.8 Å². The Morgan fingerprint density at radius 2 is 2.00 bits per heavy atom. The van der Waals surface area contributed by atoms with Gasteiger partial charge in [0.2, 0.25) is 0 Å². The maximum absolute atomic E-state index is 6.05. The molecule has 0 amide bonds. The second-order valence-electron chi connectivity index (χ2n) is 5.92. The molecule has 1 aromatic carbocycles. The molecule has 0 spiro atoms. The third kappa shape index (κ3) is 9.89. The van der Waals surface area contributed by atoms with Gasteiger partial charge in [-0.3, -0.25) is 0 Å². The van der Waals surface area contributed by atoms with Crippen LogP contribution < -0.4 is 15.4 Å². The van der Waals surface area contributed by atoms with Gasteiger partial charge >= 0.3 is 0 Å². The highest BCUT2D eigenvalue weighted by atomic mass is 127. The van der Waals surface area contributed by atoms with Crippen molar-refractivity contribution >= 4 is 29.9 Å². The molecule has 1 rings (SSSR count). The summed E-state index contributed by atoms with van der Waals surface area (Å²) in [5.74, 6) is 1.76. The van der Waals surface area contributed by atoms with Gasteiger partial charge in [0.25, 0.3) is 0 Å². The van der Waals surface area contributed by atoms with E-state index in [0.29, 0.717) is 6.54 Å². The SMILES string of the molecule is CCNC(=NCc1ccc(C)cc1OC(C)CC)NCCCOC.I. The number of benzene rings is 1. The molecule has 0 aliphatic carbocycles. The smallest absolute Gasteiger partial charge is 0.191 e. The lowest BCUT2D eigenvalue weighted by Gasteiger charge is -2.17. The number of guanidine groups is 1. The standard InChI is InChI=1S/C19H33N3O2.HI/c1-6-16(4)24-18-13-15(3)9-10-17(18)14-22-19(20-7-2)21-11-8-12-23-5;/h9-10,13,16H,6-8,11-12,14H2,1-5H3,(H2,20,21,22);1H. The van der Waals surface area contributed by atoms with Crippen LogP contribution in [-0.4, -0.2) is 38.9 Å². The maximum atomic E-state index is 6.05. The van der Waals surface area contributed by atoms with Gasteiger partial charge in [0.15, 0.2) is 5.96 Å². The summed E-state index contributed by atoms with van der Waals surface area (Å²) < 4.78 is 11.1. The van der Waals surface area contributed by atoms with Crippen molar-refractivity contribution in [2.24, 2.45) is 4.99 Å². The Labute approximate surface area is 170 Å². The summed E-state index contributed by atoms with van der Waals surface area (Å²) in [6.07, 6.45) is 2.14. The van der Waals surface area contributed by atoms with Gasteiger partial charge in [-0.2, -0.15) is 0 Å². The molecule has 0 aromatic heterocycles. The molecule has 1 unspecified atom stereocenters. The van der Waals surface area contributed by atoms with E-state index in [2.05, 4.69) is 61.5 Å². The van der Waals surface area contributed by atoms with Crippen molar-refractivity contribution in [2.45, 2.75) is 53.2 Å². The molecule has 5 nitrogen and oxygen atoms in total. The maximum Gasteiger partial charge on any atom is 0.191 e. The molecule has 0 saturated heterocycles. The van der Waals surface area contributed by atoms with E-state index in [-0.39, 0.29) is 30.1 Å². The van der Waals surface area contributed by atoms with Crippen LogP contribution in [0.1, 0.15) is 44.7 Å². The average molecular weight is 463 g/mol. The summed E-state index contributed by atoms with van der Waals surface area (Å²) in [4.78, 5) is 4.68. The molecular weight excluding hydrogens is 429 g/mol. The number of ether oxygens (including phenoxy) is 2. The summed E-state index contributed by atoms with van der Waals surface area (Å²) in [6.45, 7) is 11.4. The van der Waals surface area contributed by atoms with Gasteiger partial charge in [0, 0.05) is 32.4 Å². The summed E-state index contributed by atoms with van der Waals surface area (Å²) in [7, 11) is 1.72. The van der Waals surface area contributed by atoms with Crippen LogP contribution in [0.3, 0.4) is 0 Å². The molecular formula is C19H34IN3O2. The highest BCUT2D eigenvalue weighted by Crippen LogP contribution is 2.23. The van der Waals surface area contributed by atoms with Crippen molar-refractivity contribution in [1.82, 2.24) is 10.6 Å². The Balaban J connectivity index is 0.00000576. The van der Waals surface area contributed by atoms with Crippen LogP contribution in [0, 0.1) is 6.92 Å². The molecule has 0 fully saturated rings. The highest BCUT2D eigenvalue weighted by Gasteiger charge is 2.08. The molecule has 0 aliphatic heterocycles. The number of nitrogens with one attached hydrogen (secondary N) is 2. The van der Waals surface area contributed by atoms with Gasteiger partial charge in [-0.1, -0.05) is 19.1 Å². The van der Waals surface area contributed by atoms with Crippen molar-refractivity contribution in [1.29, 1.82) is 0 Å². The van der Waals surface area contributed by atoms with Gasteiger partial charge in [-0.05, 0) is 45.2 Å². The van der Waals surface area contributed by atoms with E-state index in [0.717, 1.165) is 49.8 Å². The largest absolute Gasteiger partial charge is 0.490 e. The number of hydrogen-bond donors (Lipinski definition) is 2. The van der Waals surface area contributed by atoms with Gasteiger partial charge in [0.05, 0.1) is 12.6 Å². The van der Waals surface area contributed by atoms with Gasteiger partial charge in [-0.25, -0.2) is 4.99 Å². The molecule has 0 heterocycles. The summed E-state index contributed by atoms with van der Waals surface area (Å²) in [5.41, 5.74) is 2.31. The van der Waals surface area contributed by atoms with E-state index in [1.165, 1.54) is 5.56 Å². The first-order valence-corrected chi connectivity index (χ1v) is 8.88. The van der Waals surface area contributed by atoms with Crippen molar-refractivity contribution in [3.63, 3.8) is 0 Å². The Morgan fingerprint density at radius 1 is 1.24 bits per heavy atom. The topological polar surface area (TPSA) is 54.9 Å². The molecule has 0 aliphatic rings. The molecule has 1 aromatic rings. The number of nitrogens with zero attached hydrogens (tertiary/aromatic N) is 1. The van der Waals surface area contributed by atoms with Crippen LogP contribution in [-0.2, 0) is 11.3 Å². The van der Waals surface area contributed by atoms with Crippen molar-refractivity contribution in [3.05, 3.63) is 29.3 Å². The molecule has 25 heavy (non-hydrogen) atoms. The zero-order chi connectivity index (χ0) is 17.8. The lowest BCUT2D eigenvalue weighted by atomic mass is 10.1. The monoisotopic (exact) mass is 463 g/mol. The van der Waals surface area contributed by atoms with Crippen LogP contribution in [0.15, 0.2) is 23.2 Å².